The van der Waals surface area contributed by atoms with Crippen molar-refractivity contribution >= 4 is 33.6 Å². The van der Waals surface area contributed by atoms with Crippen molar-refractivity contribution in [3.8, 4) is 0 Å². The molecule has 2 heterocycles. The Morgan fingerprint density at radius 3 is 2.37 bits per heavy atom. The highest BCUT2D eigenvalue weighted by Crippen LogP contribution is 2.37. The molecular weight excluding hydrogens is 406 g/mol. The predicted molar refractivity (Wildman–Crippen MR) is 108 cm³/mol. The number of hydrogen-bond donors (Lipinski definition) is 1. The van der Waals surface area contributed by atoms with Crippen LogP contribution in [0.2, 0.25) is 0 Å². The lowest BCUT2D eigenvalue weighted by Crippen LogP contribution is -2.45. The third kappa shape index (κ3) is 3.04. The minimum Gasteiger partial charge on any atom is -0.327 e. The van der Waals surface area contributed by atoms with Gasteiger partial charge in [0, 0.05) is 17.2 Å². The molecule has 2 aliphatic rings. The van der Waals surface area contributed by atoms with Crippen molar-refractivity contribution in [1.29, 1.82) is 0 Å². The lowest BCUT2D eigenvalue weighted by atomic mass is 9.96. The predicted octanol–water partition coefficient (Wildman–Crippen LogP) is 4.01. The molecule has 27 heavy (non-hydrogen) atoms. The SMILES string of the molecule is CCc1ccc(N2CC3=C(C2=O)C(c2ccc(Br)cc2)NC(=O)N3C)cc1. The zero-order chi connectivity index (χ0) is 19.1. The Morgan fingerprint density at radius 1 is 1.07 bits per heavy atom. The van der Waals surface area contributed by atoms with Crippen molar-refractivity contribution in [2.45, 2.75) is 19.4 Å². The third-order valence-corrected chi connectivity index (χ3v) is 5.75. The van der Waals surface area contributed by atoms with Crippen LogP contribution < -0.4 is 10.2 Å². The minimum absolute atomic E-state index is 0.0611. The summed E-state index contributed by atoms with van der Waals surface area (Å²) < 4.78 is 0.954. The molecule has 0 aliphatic carbocycles. The smallest absolute Gasteiger partial charge is 0.322 e. The number of benzene rings is 2. The van der Waals surface area contributed by atoms with Gasteiger partial charge in [0.2, 0.25) is 0 Å². The second kappa shape index (κ2) is 6.85. The number of urea groups is 1. The van der Waals surface area contributed by atoms with Crippen LogP contribution in [0.3, 0.4) is 0 Å². The lowest BCUT2D eigenvalue weighted by molar-refractivity contribution is -0.114. The minimum atomic E-state index is -0.441. The highest BCUT2D eigenvalue weighted by Gasteiger charge is 2.43. The summed E-state index contributed by atoms with van der Waals surface area (Å²) in [5, 5.41) is 2.96. The molecule has 0 fully saturated rings. The van der Waals surface area contributed by atoms with E-state index in [2.05, 4.69) is 28.2 Å². The van der Waals surface area contributed by atoms with Crippen LogP contribution in [0.15, 0.2) is 64.3 Å². The van der Waals surface area contributed by atoms with Crippen LogP contribution in [0, 0.1) is 0 Å². The summed E-state index contributed by atoms with van der Waals surface area (Å²) in [6.45, 7) is 2.50. The molecule has 1 unspecified atom stereocenters. The van der Waals surface area contributed by atoms with E-state index < -0.39 is 6.04 Å². The van der Waals surface area contributed by atoms with Gasteiger partial charge in [0.1, 0.15) is 0 Å². The summed E-state index contributed by atoms with van der Waals surface area (Å²) in [5.41, 5.74) is 4.37. The fourth-order valence-electron chi connectivity index (χ4n) is 3.59. The highest BCUT2D eigenvalue weighted by molar-refractivity contribution is 9.10. The maximum absolute atomic E-state index is 13.3. The number of aryl methyl sites for hydroxylation is 1. The van der Waals surface area contributed by atoms with Gasteiger partial charge in [-0.05, 0) is 41.8 Å². The molecular formula is C21H20BrN3O2. The fourth-order valence-corrected chi connectivity index (χ4v) is 3.86. The van der Waals surface area contributed by atoms with Gasteiger partial charge in [0.25, 0.3) is 5.91 Å². The Hall–Kier alpha value is -2.60. The van der Waals surface area contributed by atoms with Gasteiger partial charge in [-0.15, -0.1) is 0 Å². The number of amides is 3. The average Bonchev–Trinajstić information content (AvgIpc) is 3.03. The molecule has 0 bridgehead atoms. The maximum Gasteiger partial charge on any atom is 0.322 e. The number of hydrogen-bond acceptors (Lipinski definition) is 2. The Kier molecular flexibility index (Phi) is 4.52. The summed E-state index contributed by atoms with van der Waals surface area (Å²) in [6, 6.07) is 15.1. The lowest BCUT2D eigenvalue weighted by Gasteiger charge is -2.31. The molecule has 1 N–H and O–H groups in total. The maximum atomic E-state index is 13.3. The molecule has 6 heteroatoms. The average molecular weight is 426 g/mol. The van der Waals surface area contributed by atoms with Crippen LogP contribution in [-0.4, -0.2) is 30.4 Å². The van der Waals surface area contributed by atoms with Crippen molar-refractivity contribution in [2.24, 2.45) is 0 Å². The van der Waals surface area contributed by atoms with Crippen LogP contribution in [-0.2, 0) is 11.2 Å². The summed E-state index contributed by atoms with van der Waals surface area (Å²) in [5.74, 6) is -0.0611. The number of anilines is 1. The molecule has 0 aromatic heterocycles. The van der Waals surface area contributed by atoms with E-state index >= 15 is 0 Å². The van der Waals surface area contributed by atoms with Gasteiger partial charge in [-0.25, -0.2) is 4.79 Å². The van der Waals surface area contributed by atoms with E-state index in [0.29, 0.717) is 12.1 Å². The summed E-state index contributed by atoms with van der Waals surface area (Å²) in [7, 11) is 1.71. The Bertz CT molecular complexity index is 935. The molecule has 138 valence electrons. The largest absolute Gasteiger partial charge is 0.327 e. The Labute approximate surface area is 166 Å². The molecule has 1 atom stereocenters. The van der Waals surface area contributed by atoms with Crippen LogP contribution in [0.4, 0.5) is 10.5 Å². The van der Waals surface area contributed by atoms with Gasteiger partial charge in [-0.3, -0.25) is 9.69 Å². The van der Waals surface area contributed by atoms with Gasteiger partial charge in [0.15, 0.2) is 0 Å². The van der Waals surface area contributed by atoms with Gasteiger partial charge in [-0.2, -0.15) is 0 Å². The molecule has 0 saturated carbocycles. The van der Waals surface area contributed by atoms with Crippen LogP contribution in [0.25, 0.3) is 0 Å². The molecule has 2 aromatic carbocycles. The number of halogens is 1. The van der Waals surface area contributed by atoms with Crippen LogP contribution in [0.1, 0.15) is 24.1 Å². The third-order valence-electron chi connectivity index (χ3n) is 5.22. The van der Waals surface area contributed by atoms with E-state index in [-0.39, 0.29) is 11.9 Å². The summed E-state index contributed by atoms with van der Waals surface area (Å²) >= 11 is 3.43. The first-order chi connectivity index (χ1) is 13.0. The number of rotatable bonds is 3. The molecule has 5 nitrogen and oxygen atoms in total. The first kappa shape index (κ1) is 17.8. The molecule has 0 spiro atoms. The monoisotopic (exact) mass is 425 g/mol. The van der Waals surface area contributed by atoms with E-state index in [1.165, 1.54) is 5.56 Å². The van der Waals surface area contributed by atoms with Gasteiger partial charge >= 0.3 is 6.03 Å². The van der Waals surface area contributed by atoms with E-state index in [1.54, 1.807) is 16.8 Å². The van der Waals surface area contributed by atoms with Gasteiger partial charge < -0.3 is 10.2 Å². The topological polar surface area (TPSA) is 52.7 Å². The highest BCUT2D eigenvalue weighted by atomic mass is 79.9. The molecule has 0 radical (unpaired) electrons. The first-order valence-electron chi connectivity index (χ1n) is 8.93. The zero-order valence-electron chi connectivity index (χ0n) is 15.2. The van der Waals surface area contributed by atoms with E-state index in [0.717, 1.165) is 27.8 Å². The number of nitrogens with one attached hydrogen (secondary N) is 1. The second-order valence-corrected chi connectivity index (χ2v) is 7.68. The van der Waals surface area contributed by atoms with Crippen LogP contribution >= 0.6 is 15.9 Å². The van der Waals surface area contributed by atoms with Crippen molar-refractivity contribution < 1.29 is 9.59 Å². The number of nitrogens with zero attached hydrogens (tertiary/aromatic N) is 2. The zero-order valence-corrected chi connectivity index (χ0v) is 16.8. The van der Waals surface area contributed by atoms with Crippen molar-refractivity contribution in [1.82, 2.24) is 10.2 Å². The summed E-state index contributed by atoms with van der Waals surface area (Å²) in [6.07, 6.45) is 0.954. The normalized spacial score (nSPS) is 19.4. The molecule has 2 aromatic rings. The molecule has 0 saturated heterocycles. The van der Waals surface area contributed by atoms with Crippen molar-refractivity contribution in [3.05, 3.63) is 75.4 Å². The van der Waals surface area contributed by atoms with Crippen molar-refractivity contribution in [2.75, 3.05) is 18.5 Å². The Morgan fingerprint density at radius 2 is 1.74 bits per heavy atom. The molecule has 3 amide bonds. The second-order valence-electron chi connectivity index (χ2n) is 6.76. The van der Waals surface area contributed by atoms with Crippen molar-refractivity contribution in [3.63, 3.8) is 0 Å². The number of likely N-dealkylation sites (N-methyl/N-ethyl adjacent to an activating group) is 1. The van der Waals surface area contributed by atoms with Gasteiger partial charge in [0.05, 0.1) is 23.9 Å². The molecule has 2 aliphatic heterocycles. The summed E-state index contributed by atoms with van der Waals surface area (Å²) in [4.78, 5) is 29.0. The molecule has 4 rings (SSSR count). The standard InChI is InChI=1S/C21H20BrN3O2/c1-3-13-4-10-16(11-5-13)25-12-17-18(20(25)26)19(23-21(27)24(17)2)14-6-8-15(22)9-7-14/h4-11,19H,3,12H2,1-2H3,(H,23,27). The number of carbonyl (C=O) groups is 2. The van der Waals surface area contributed by atoms with Gasteiger partial charge in [-0.1, -0.05) is 47.1 Å². The van der Waals surface area contributed by atoms with E-state index in [4.69, 9.17) is 0 Å². The van der Waals surface area contributed by atoms with E-state index in [9.17, 15) is 9.59 Å². The Balaban J connectivity index is 1.72. The van der Waals surface area contributed by atoms with Crippen LogP contribution in [0.5, 0.6) is 0 Å². The first-order valence-corrected chi connectivity index (χ1v) is 9.72. The fraction of sp³-hybridized carbons (Fsp3) is 0.238. The number of carbonyl (C=O) groups excluding carboxylic acids is 2. The van der Waals surface area contributed by atoms with E-state index in [1.807, 2.05) is 48.5 Å². The quantitative estimate of drug-likeness (QED) is 0.807.